The molecule has 1 unspecified atom stereocenters. The van der Waals surface area contributed by atoms with E-state index in [4.69, 9.17) is 4.52 Å². The van der Waals surface area contributed by atoms with E-state index in [0.29, 0.717) is 23.1 Å². The fourth-order valence-corrected chi connectivity index (χ4v) is 4.22. The second-order valence-electron chi connectivity index (χ2n) is 6.69. The molecule has 126 valence electrons. The second kappa shape index (κ2) is 5.94. The van der Waals surface area contributed by atoms with Crippen molar-refractivity contribution in [1.29, 1.82) is 0 Å². The van der Waals surface area contributed by atoms with Crippen molar-refractivity contribution in [3.63, 3.8) is 0 Å². The number of hydrogen-bond acceptors (Lipinski definition) is 5. The van der Waals surface area contributed by atoms with E-state index < -0.39 is 5.97 Å². The van der Waals surface area contributed by atoms with Crippen LogP contribution >= 0.6 is 0 Å². The average molecular weight is 328 g/mol. The molecule has 2 bridgehead atoms. The number of hydrogen-bond donors (Lipinski definition) is 2. The standard InChI is InChI=1S/C18H20N2O4/c21-10-11-8-13-6-7-14(9-11)20(13)17-15(18(22)23)16(24-19-17)12-4-2-1-3-5-12/h1-5,11,13-14,21H,6-10H2,(H,22,23)/t11?,13-,14+. The summed E-state index contributed by atoms with van der Waals surface area (Å²) in [6, 6.07) is 9.67. The predicted octanol–water partition coefficient (Wildman–Crippen LogP) is 2.78. The molecular formula is C18H20N2O4. The SMILES string of the molecule is O=C(O)c1c(N2[C@@H]3CC[C@H]2CC(CO)C3)noc1-c1ccccc1. The number of piperidine rings is 1. The second-order valence-corrected chi connectivity index (χ2v) is 6.69. The molecule has 3 atom stereocenters. The zero-order valence-electron chi connectivity index (χ0n) is 13.3. The molecule has 2 aliphatic rings. The van der Waals surface area contributed by atoms with Crippen molar-refractivity contribution >= 4 is 11.8 Å². The lowest BCUT2D eigenvalue weighted by Crippen LogP contribution is -2.44. The number of carboxylic acids is 1. The minimum Gasteiger partial charge on any atom is -0.477 e. The number of rotatable bonds is 4. The molecule has 6 nitrogen and oxygen atoms in total. The molecule has 4 rings (SSSR count). The summed E-state index contributed by atoms with van der Waals surface area (Å²) in [6.07, 6.45) is 3.76. The molecule has 2 fully saturated rings. The van der Waals surface area contributed by atoms with Crippen LogP contribution in [0.3, 0.4) is 0 Å². The number of benzene rings is 1. The van der Waals surface area contributed by atoms with Crippen molar-refractivity contribution in [2.45, 2.75) is 37.8 Å². The quantitative estimate of drug-likeness (QED) is 0.897. The summed E-state index contributed by atoms with van der Waals surface area (Å²) in [6.45, 7) is 0.195. The third-order valence-corrected chi connectivity index (χ3v) is 5.26. The van der Waals surface area contributed by atoms with Crippen LogP contribution in [0.25, 0.3) is 11.3 Å². The third-order valence-electron chi connectivity index (χ3n) is 5.26. The maximum absolute atomic E-state index is 11.9. The Bertz CT molecular complexity index is 729. The molecule has 0 saturated carbocycles. The molecule has 1 aromatic heterocycles. The Balaban J connectivity index is 1.75. The molecule has 0 radical (unpaired) electrons. The largest absolute Gasteiger partial charge is 0.477 e. The summed E-state index contributed by atoms with van der Waals surface area (Å²) >= 11 is 0. The first-order valence-corrected chi connectivity index (χ1v) is 8.36. The van der Waals surface area contributed by atoms with E-state index in [1.165, 1.54) is 0 Å². The maximum atomic E-state index is 11.9. The number of aliphatic hydroxyl groups excluding tert-OH is 1. The maximum Gasteiger partial charge on any atom is 0.343 e. The summed E-state index contributed by atoms with van der Waals surface area (Å²) in [5, 5.41) is 23.3. The number of aromatic carboxylic acids is 1. The van der Waals surface area contributed by atoms with E-state index in [2.05, 4.69) is 10.1 Å². The van der Waals surface area contributed by atoms with Crippen molar-refractivity contribution in [2.75, 3.05) is 11.5 Å². The Kier molecular flexibility index (Phi) is 3.76. The van der Waals surface area contributed by atoms with Crippen LogP contribution in [-0.2, 0) is 0 Å². The Hall–Kier alpha value is -2.34. The highest BCUT2D eigenvalue weighted by atomic mass is 16.5. The fraction of sp³-hybridized carbons (Fsp3) is 0.444. The number of aromatic nitrogens is 1. The van der Waals surface area contributed by atoms with E-state index in [-0.39, 0.29) is 24.3 Å². The molecular weight excluding hydrogens is 308 g/mol. The highest BCUT2D eigenvalue weighted by Gasteiger charge is 2.44. The lowest BCUT2D eigenvalue weighted by Gasteiger charge is -2.38. The van der Waals surface area contributed by atoms with Gasteiger partial charge in [0.2, 0.25) is 0 Å². The number of carboxylic acid groups (broad SMARTS) is 1. The van der Waals surface area contributed by atoms with Gasteiger partial charge >= 0.3 is 5.97 Å². The van der Waals surface area contributed by atoms with Crippen molar-refractivity contribution in [1.82, 2.24) is 5.16 Å². The minimum absolute atomic E-state index is 0.139. The molecule has 24 heavy (non-hydrogen) atoms. The van der Waals surface area contributed by atoms with Crippen molar-refractivity contribution < 1.29 is 19.5 Å². The smallest absolute Gasteiger partial charge is 0.343 e. The summed E-state index contributed by atoms with van der Waals surface area (Å²) in [7, 11) is 0. The van der Waals surface area contributed by atoms with Gasteiger partial charge in [-0.1, -0.05) is 35.5 Å². The van der Waals surface area contributed by atoms with Crippen molar-refractivity contribution in [3.05, 3.63) is 35.9 Å². The van der Waals surface area contributed by atoms with Gasteiger partial charge in [-0.2, -0.15) is 0 Å². The zero-order chi connectivity index (χ0) is 16.7. The van der Waals surface area contributed by atoms with E-state index in [9.17, 15) is 15.0 Å². The number of nitrogens with zero attached hydrogens (tertiary/aromatic N) is 2. The van der Waals surface area contributed by atoms with Gasteiger partial charge in [0.15, 0.2) is 17.1 Å². The number of carbonyl (C=O) groups is 1. The first-order valence-electron chi connectivity index (χ1n) is 8.36. The summed E-state index contributed by atoms with van der Waals surface area (Å²) in [4.78, 5) is 14.0. The zero-order valence-corrected chi connectivity index (χ0v) is 13.3. The van der Waals surface area contributed by atoms with Gasteiger partial charge in [0.25, 0.3) is 0 Å². The Morgan fingerprint density at radius 3 is 2.46 bits per heavy atom. The van der Waals surface area contributed by atoms with Crippen LogP contribution in [0.1, 0.15) is 36.0 Å². The van der Waals surface area contributed by atoms with Crippen LogP contribution < -0.4 is 4.90 Å². The Morgan fingerprint density at radius 1 is 1.21 bits per heavy atom. The summed E-state index contributed by atoms with van der Waals surface area (Å²) in [5.41, 5.74) is 0.854. The molecule has 6 heteroatoms. The van der Waals surface area contributed by atoms with Gasteiger partial charge in [0.05, 0.1) is 0 Å². The lowest BCUT2D eigenvalue weighted by molar-refractivity contribution is 0.0697. The highest BCUT2D eigenvalue weighted by Crippen LogP contribution is 2.43. The van der Waals surface area contributed by atoms with Crippen LogP contribution in [-0.4, -0.2) is 40.0 Å². The lowest BCUT2D eigenvalue weighted by atomic mass is 9.91. The Labute approximate surface area is 139 Å². The minimum atomic E-state index is -1.02. The molecule has 0 aliphatic carbocycles. The van der Waals surface area contributed by atoms with E-state index in [1.807, 2.05) is 30.3 Å². The number of aliphatic hydroxyl groups is 1. The monoisotopic (exact) mass is 328 g/mol. The van der Waals surface area contributed by atoms with Crippen LogP contribution in [0.2, 0.25) is 0 Å². The van der Waals surface area contributed by atoms with E-state index >= 15 is 0 Å². The molecule has 2 aromatic rings. The molecule has 3 heterocycles. The molecule has 1 aromatic carbocycles. The highest BCUT2D eigenvalue weighted by molar-refractivity contribution is 5.99. The summed E-state index contributed by atoms with van der Waals surface area (Å²) < 4.78 is 5.45. The third kappa shape index (κ3) is 2.38. The first kappa shape index (κ1) is 15.2. The van der Waals surface area contributed by atoms with Crippen LogP contribution in [0.5, 0.6) is 0 Å². The molecule has 0 amide bonds. The number of fused-ring (bicyclic) bond motifs is 2. The van der Waals surface area contributed by atoms with E-state index in [0.717, 1.165) is 25.7 Å². The van der Waals surface area contributed by atoms with Gasteiger partial charge in [0, 0.05) is 24.3 Å². The van der Waals surface area contributed by atoms with Crippen molar-refractivity contribution in [2.24, 2.45) is 5.92 Å². The van der Waals surface area contributed by atoms with Crippen LogP contribution in [0.15, 0.2) is 34.9 Å². The summed E-state index contributed by atoms with van der Waals surface area (Å²) in [5.74, 6) is 0.0216. The molecule has 2 saturated heterocycles. The van der Waals surface area contributed by atoms with Crippen LogP contribution in [0.4, 0.5) is 5.82 Å². The molecule has 2 aliphatic heterocycles. The normalized spacial score (nSPS) is 25.9. The van der Waals surface area contributed by atoms with Gasteiger partial charge in [-0.3, -0.25) is 0 Å². The Morgan fingerprint density at radius 2 is 1.88 bits per heavy atom. The van der Waals surface area contributed by atoms with Gasteiger partial charge < -0.3 is 19.6 Å². The van der Waals surface area contributed by atoms with Gasteiger partial charge in [0.1, 0.15) is 0 Å². The van der Waals surface area contributed by atoms with Gasteiger partial charge in [-0.05, 0) is 31.6 Å². The first-order chi connectivity index (χ1) is 11.7. The molecule has 0 spiro atoms. The molecule has 2 N–H and O–H groups in total. The van der Waals surface area contributed by atoms with Gasteiger partial charge in [-0.15, -0.1) is 0 Å². The average Bonchev–Trinajstić information content (AvgIpc) is 3.14. The predicted molar refractivity (Wildman–Crippen MR) is 88.0 cm³/mol. The fourth-order valence-electron chi connectivity index (χ4n) is 4.22. The van der Waals surface area contributed by atoms with Crippen LogP contribution in [0, 0.1) is 5.92 Å². The van der Waals surface area contributed by atoms with E-state index in [1.54, 1.807) is 0 Å². The topological polar surface area (TPSA) is 86.8 Å². The van der Waals surface area contributed by atoms with Crippen molar-refractivity contribution in [3.8, 4) is 11.3 Å². The number of anilines is 1. The van der Waals surface area contributed by atoms with Gasteiger partial charge in [-0.25, -0.2) is 4.79 Å².